The lowest BCUT2D eigenvalue weighted by Crippen LogP contribution is -2.30. The average molecular weight is 433 g/mol. The van der Waals surface area contributed by atoms with Gasteiger partial charge in [-0.15, -0.1) is 0 Å². The molecular weight excluding hydrogens is 418 g/mol. The highest BCUT2D eigenvalue weighted by molar-refractivity contribution is 9.10. The van der Waals surface area contributed by atoms with Crippen LogP contribution in [0.2, 0.25) is 5.02 Å². The van der Waals surface area contributed by atoms with Crippen LogP contribution in [0.5, 0.6) is 0 Å². The van der Waals surface area contributed by atoms with Crippen LogP contribution >= 0.6 is 27.5 Å². The minimum Gasteiger partial charge on any atom is -0.337 e. The summed E-state index contributed by atoms with van der Waals surface area (Å²) in [5, 5.41) is 4.72. The fraction of sp³-hybridized carbons (Fsp3) is 0.211. The lowest BCUT2D eigenvalue weighted by Gasteiger charge is -2.22. The third-order valence-corrected chi connectivity index (χ3v) is 5.16. The monoisotopic (exact) mass is 431 g/mol. The largest absolute Gasteiger partial charge is 0.337 e. The van der Waals surface area contributed by atoms with Crippen LogP contribution in [-0.2, 0) is 0 Å². The number of rotatable bonds is 3. The van der Waals surface area contributed by atoms with Crippen molar-refractivity contribution in [1.82, 2.24) is 15.0 Å². The van der Waals surface area contributed by atoms with Crippen LogP contribution in [0, 0.1) is 0 Å². The lowest BCUT2D eigenvalue weighted by molar-refractivity contribution is 0.0710. The van der Waals surface area contributed by atoms with Crippen molar-refractivity contribution in [1.29, 1.82) is 0 Å². The Balaban J connectivity index is 1.59. The Bertz CT molecular complexity index is 942. The molecule has 1 saturated heterocycles. The van der Waals surface area contributed by atoms with E-state index in [2.05, 4.69) is 26.1 Å². The molecule has 0 bridgehead atoms. The van der Waals surface area contributed by atoms with Gasteiger partial charge in [-0.1, -0.05) is 38.8 Å². The molecule has 3 aromatic rings. The number of nitrogens with zero attached hydrogens (tertiary/aromatic N) is 3. The molecule has 0 spiro atoms. The van der Waals surface area contributed by atoms with Gasteiger partial charge in [0, 0.05) is 27.2 Å². The zero-order valence-electron chi connectivity index (χ0n) is 13.7. The Morgan fingerprint density at radius 2 is 2.04 bits per heavy atom. The molecule has 0 aliphatic carbocycles. The van der Waals surface area contributed by atoms with E-state index in [1.54, 1.807) is 17.0 Å². The van der Waals surface area contributed by atoms with Crippen molar-refractivity contribution >= 4 is 33.4 Å². The van der Waals surface area contributed by atoms with Crippen molar-refractivity contribution in [2.75, 3.05) is 6.54 Å². The van der Waals surface area contributed by atoms with E-state index < -0.39 is 0 Å². The van der Waals surface area contributed by atoms with Crippen molar-refractivity contribution in [3.63, 3.8) is 0 Å². The van der Waals surface area contributed by atoms with Gasteiger partial charge in [-0.2, -0.15) is 4.98 Å². The standard InChI is InChI=1S/C19H15BrClN3O2/c20-14-4-1-3-13(11-14)19(25)24-10-2-5-16(24)18-22-17(23-26-18)12-6-8-15(21)9-7-12/h1,3-4,6-9,11,16H,2,5,10H2. The Hall–Kier alpha value is -2.18. The van der Waals surface area contributed by atoms with Gasteiger partial charge in [0.1, 0.15) is 6.04 Å². The number of carbonyl (C=O) groups is 1. The highest BCUT2D eigenvalue weighted by atomic mass is 79.9. The molecule has 1 aliphatic rings. The molecule has 7 heteroatoms. The molecule has 1 atom stereocenters. The summed E-state index contributed by atoms with van der Waals surface area (Å²) >= 11 is 9.33. The van der Waals surface area contributed by atoms with Crippen LogP contribution in [0.4, 0.5) is 0 Å². The van der Waals surface area contributed by atoms with Crippen LogP contribution in [-0.4, -0.2) is 27.5 Å². The first-order valence-electron chi connectivity index (χ1n) is 8.28. The van der Waals surface area contributed by atoms with Gasteiger partial charge in [0.05, 0.1) is 0 Å². The van der Waals surface area contributed by atoms with E-state index >= 15 is 0 Å². The molecule has 2 heterocycles. The molecule has 132 valence electrons. The van der Waals surface area contributed by atoms with E-state index in [4.69, 9.17) is 16.1 Å². The molecule has 0 N–H and O–H groups in total. The molecule has 2 aromatic carbocycles. The molecular formula is C19H15BrClN3O2. The summed E-state index contributed by atoms with van der Waals surface area (Å²) in [6, 6.07) is 14.4. The first kappa shape index (κ1) is 17.2. The van der Waals surface area contributed by atoms with Crippen LogP contribution in [0.25, 0.3) is 11.4 Å². The average Bonchev–Trinajstić information content (AvgIpc) is 3.31. The maximum atomic E-state index is 12.9. The summed E-state index contributed by atoms with van der Waals surface area (Å²) in [5.41, 5.74) is 1.47. The second-order valence-corrected chi connectivity index (χ2v) is 7.48. The normalized spacial score (nSPS) is 16.8. The van der Waals surface area contributed by atoms with Gasteiger partial charge in [0.15, 0.2) is 0 Å². The van der Waals surface area contributed by atoms with Crippen molar-refractivity contribution in [2.24, 2.45) is 0 Å². The second-order valence-electron chi connectivity index (χ2n) is 6.13. The molecule has 1 aliphatic heterocycles. The van der Waals surface area contributed by atoms with Crippen molar-refractivity contribution in [3.8, 4) is 11.4 Å². The summed E-state index contributed by atoms with van der Waals surface area (Å²) in [6.45, 7) is 0.675. The number of hydrogen-bond donors (Lipinski definition) is 0. The van der Waals surface area contributed by atoms with Crippen LogP contribution in [0.3, 0.4) is 0 Å². The number of amides is 1. The van der Waals surface area contributed by atoms with Crippen LogP contribution in [0.1, 0.15) is 35.1 Å². The summed E-state index contributed by atoms with van der Waals surface area (Å²) < 4.78 is 6.35. The molecule has 0 saturated carbocycles. The number of hydrogen-bond acceptors (Lipinski definition) is 4. The van der Waals surface area contributed by atoms with Crippen molar-refractivity contribution in [2.45, 2.75) is 18.9 Å². The van der Waals surface area contributed by atoms with Crippen molar-refractivity contribution < 1.29 is 9.32 Å². The van der Waals surface area contributed by atoms with Gasteiger partial charge in [-0.3, -0.25) is 4.79 Å². The third kappa shape index (κ3) is 3.39. The van der Waals surface area contributed by atoms with E-state index in [1.807, 2.05) is 36.4 Å². The smallest absolute Gasteiger partial charge is 0.254 e. The first-order valence-corrected chi connectivity index (χ1v) is 9.45. The number of carbonyl (C=O) groups excluding carboxylic acids is 1. The van der Waals surface area contributed by atoms with Crippen LogP contribution < -0.4 is 0 Å². The molecule has 1 unspecified atom stereocenters. The van der Waals surface area contributed by atoms with Crippen molar-refractivity contribution in [3.05, 3.63) is 69.5 Å². The quantitative estimate of drug-likeness (QED) is 0.576. The maximum absolute atomic E-state index is 12.9. The highest BCUT2D eigenvalue weighted by Gasteiger charge is 2.34. The van der Waals surface area contributed by atoms with Gasteiger partial charge in [-0.05, 0) is 55.3 Å². The number of benzene rings is 2. The van der Waals surface area contributed by atoms with Gasteiger partial charge in [-0.25, -0.2) is 0 Å². The SMILES string of the molecule is O=C(c1cccc(Br)c1)N1CCCC1c1nc(-c2ccc(Cl)cc2)no1. The topological polar surface area (TPSA) is 59.2 Å². The fourth-order valence-electron chi connectivity index (χ4n) is 3.14. The van der Waals surface area contributed by atoms with Crippen LogP contribution in [0.15, 0.2) is 57.5 Å². The van der Waals surface area contributed by atoms with Gasteiger partial charge in [0.25, 0.3) is 5.91 Å². The summed E-state index contributed by atoms with van der Waals surface area (Å²) in [5.74, 6) is 0.939. The Morgan fingerprint density at radius 3 is 2.81 bits per heavy atom. The summed E-state index contributed by atoms with van der Waals surface area (Å²) in [4.78, 5) is 19.2. The zero-order valence-corrected chi connectivity index (χ0v) is 16.1. The maximum Gasteiger partial charge on any atom is 0.254 e. The Morgan fingerprint density at radius 1 is 1.23 bits per heavy atom. The van der Waals surface area contributed by atoms with E-state index in [-0.39, 0.29) is 11.9 Å². The number of halogens is 2. The zero-order chi connectivity index (χ0) is 18.1. The number of likely N-dealkylation sites (tertiary alicyclic amines) is 1. The second kappa shape index (κ2) is 7.21. The van der Waals surface area contributed by atoms with E-state index in [0.29, 0.717) is 28.8 Å². The lowest BCUT2D eigenvalue weighted by atomic mass is 10.1. The molecule has 5 nitrogen and oxygen atoms in total. The number of aromatic nitrogens is 2. The minimum atomic E-state index is -0.199. The molecule has 1 fully saturated rings. The summed E-state index contributed by atoms with van der Waals surface area (Å²) in [6.07, 6.45) is 1.71. The molecule has 26 heavy (non-hydrogen) atoms. The Labute approximate surface area is 164 Å². The molecule has 1 aromatic heterocycles. The predicted octanol–water partition coefficient (Wildman–Crippen LogP) is 5.13. The third-order valence-electron chi connectivity index (χ3n) is 4.41. The molecule has 4 rings (SSSR count). The van der Waals surface area contributed by atoms with E-state index in [9.17, 15) is 4.79 Å². The fourth-order valence-corrected chi connectivity index (χ4v) is 3.67. The van der Waals surface area contributed by atoms with E-state index in [1.165, 1.54) is 0 Å². The highest BCUT2D eigenvalue weighted by Crippen LogP contribution is 2.33. The molecule has 1 amide bonds. The predicted molar refractivity (Wildman–Crippen MR) is 102 cm³/mol. The Kier molecular flexibility index (Phi) is 4.78. The summed E-state index contributed by atoms with van der Waals surface area (Å²) in [7, 11) is 0. The molecule has 0 radical (unpaired) electrons. The minimum absolute atomic E-state index is 0.0277. The van der Waals surface area contributed by atoms with Gasteiger partial charge in [0.2, 0.25) is 11.7 Å². The first-order chi connectivity index (χ1) is 12.6. The van der Waals surface area contributed by atoms with Gasteiger partial charge >= 0.3 is 0 Å². The van der Waals surface area contributed by atoms with E-state index in [0.717, 1.165) is 22.9 Å². The van der Waals surface area contributed by atoms with Gasteiger partial charge < -0.3 is 9.42 Å².